The Morgan fingerprint density at radius 2 is 2.50 bits per heavy atom. The van der Waals surface area contributed by atoms with Gasteiger partial charge in [0.15, 0.2) is 4.77 Å². The molecule has 0 atom stereocenters. The number of hydrogen-bond donors (Lipinski definition) is 2. The molecule has 44 valence electrons. The molecule has 2 nitrogen and oxygen atoms in total. The van der Waals surface area contributed by atoms with Crippen LogP contribution in [0.5, 0.6) is 0 Å². The Labute approximate surface area is 52.9 Å². The van der Waals surface area contributed by atoms with E-state index in [2.05, 4.69) is 16.9 Å². The van der Waals surface area contributed by atoms with Crippen molar-refractivity contribution in [2.24, 2.45) is 0 Å². The van der Waals surface area contributed by atoms with Crippen LogP contribution in [-0.4, -0.2) is 9.97 Å². The SMILES string of the molecule is CCc1c[nH]c(=S)[nH]1. The molecule has 0 aliphatic heterocycles. The number of aromatic amines is 2. The summed E-state index contributed by atoms with van der Waals surface area (Å²) in [5, 5.41) is 0. The molecule has 0 spiro atoms. The molecule has 2 N–H and O–H groups in total. The summed E-state index contributed by atoms with van der Waals surface area (Å²) in [6.07, 6.45) is 2.90. The molecule has 0 saturated carbocycles. The van der Waals surface area contributed by atoms with Gasteiger partial charge in [-0.1, -0.05) is 6.92 Å². The van der Waals surface area contributed by atoms with Gasteiger partial charge in [0.2, 0.25) is 0 Å². The predicted molar refractivity (Wildman–Crippen MR) is 35.4 cm³/mol. The molecule has 8 heavy (non-hydrogen) atoms. The highest BCUT2D eigenvalue weighted by molar-refractivity contribution is 7.71. The fourth-order valence-electron chi connectivity index (χ4n) is 0.561. The average molecular weight is 128 g/mol. The standard InChI is InChI=1S/C5H8N2S/c1-2-4-3-6-5(8)7-4/h3H,2H2,1H3,(H2,6,7,8). The first-order chi connectivity index (χ1) is 3.83. The minimum absolute atomic E-state index is 0.710. The van der Waals surface area contributed by atoms with Crippen LogP contribution < -0.4 is 0 Å². The Hall–Kier alpha value is -0.570. The van der Waals surface area contributed by atoms with Gasteiger partial charge in [-0.05, 0) is 18.6 Å². The smallest absolute Gasteiger partial charge is 0.174 e. The minimum atomic E-state index is 0.710. The van der Waals surface area contributed by atoms with Gasteiger partial charge in [-0.3, -0.25) is 0 Å². The van der Waals surface area contributed by atoms with Crippen LogP contribution in [0.15, 0.2) is 6.20 Å². The number of nitrogens with one attached hydrogen (secondary N) is 2. The normalized spacial score (nSPS) is 9.62. The zero-order valence-electron chi connectivity index (χ0n) is 4.69. The van der Waals surface area contributed by atoms with Crippen molar-refractivity contribution in [2.45, 2.75) is 13.3 Å². The lowest BCUT2D eigenvalue weighted by molar-refractivity contribution is 1.06. The Balaban J connectivity index is 3.01. The van der Waals surface area contributed by atoms with Crippen LogP contribution >= 0.6 is 12.2 Å². The van der Waals surface area contributed by atoms with E-state index in [1.54, 1.807) is 0 Å². The fourth-order valence-corrected chi connectivity index (χ4v) is 0.751. The first-order valence-corrected chi connectivity index (χ1v) is 3.00. The van der Waals surface area contributed by atoms with Crippen molar-refractivity contribution >= 4 is 12.2 Å². The van der Waals surface area contributed by atoms with E-state index in [0.29, 0.717) is 4.77 Å². The maximum atomic E-state index is 4.79. The first-order valence-electron chi connectivity index (χ1n) is 2.59. The van der Waals surface area contributed by atoms with Crippen LogP contribution in [0.3, 0.4) is 0 Å². The highest BCUT2D eigenvalue weighted by atomic mass is 32.1. The largest absolute Gasteiger partial charge is 0.337 e. The lowest BCUT2D eigenvalue weighted by Crippen LogP contribution is -1.74. The second kappa shape index (κ2) is 2.13. The molecular weight excluding hydrogens is 120 g/mol. The molecule has 0 fully saturated rings. The van der Waals surface area contributed by atoms with Crippen LogP contribution in [0.4, 0.5) is 0 Å². The van der Waals surface area contributed by atoms with Crippen molar-refractivity contribution in [1.29, 1.82) is 0 Å². The van der Waals surface area contributed by atoms with Crippen LogP contribution in [0.2, 0.25) is 0 Å². The van der Waals surface area contributed by atoms with Crippen molar-refractivity contribution in [1.82, 2.24) is 9.97 Å². The van der Waals surface area contributed by atoms with Gasteiger partial charge in [0.05, 0.1) is 0 Å². The Morgan fingerprint density at radius 3 is 2.75 bits per heavy atom. The van der Waals surface area contributed by atoms with Gasteiger partial charge in [0.25, 0.3) is 0 Å². The molecule has 0 radical (unpaired) electrons. The third-order valence-electron chi connectivity index (χ3n) is 1.03. The van der Waals surface area contributed by atoms with E-state index in [9.17, 15) is 0 Å². The van der Waals surface area contributed by atoms with Gasteiger partial charge in [0, 0.05) is 11.9 Å². The van der Waals surface area contributed by atoms with Gasteiger partial charge in [-0.15, -0.1) is 0 Å². The van der Waals surface area contributed by atoms with Crippen molar-refractivity contribution < 1.29 is 0 Å². The molecule has 0 aliphatic rings. The Morgan fingerprint density at radius 1 is 1.75 bits per heavy atom. The number of hydrogen-bond acceptors (Lipinski definition) is 1. The molecule has 1 aromatic heterocycles. The summed E-state index contributed by atoms with van der Waals surface area (Å²) >= 11 is 4.79. The van der Waals surface area contributed by atoms with E-state index in [4.69, 9.17) is 12.2 Å². The van der Waals surface area contributed by atoms with Crippen molar-refractivity contribution in [3.8, 4) is 0 Å². The monoisotopic (exact) mass is 128 g/mol. The number of imidazole rings is 1. The second-order valence-electron chi connectivity index (χ2n) is 1.62. The van der Waals surface area contributed by atoms with Gasteiger partial charge in [-0.2, -0.15) is 0 Å². The Kier molecular flexibility index (Phi) is 1.48. The van der Waals surface area contributed by atoms with E-state index in [1.165, 1.54) is 0 Å². The zero-order chi connectivity index (χ0) is 5.98. The quantitative estimate of drug-likeness (QED) is 0.553. The van der Waals surface area contributed by atoms with Crippen molar-refractivity contribution in [3.63, 3.8) is 0 Å². The van der Waals surface area contributed by atoms with Crippen LogP contribution in [0.25, 0.3) is 0 Å². The van der Waals surface area contributed by atoms with E-state index >= 15 is 0 Å². The summed E-state index contributed by atoms with van der Waals surface area (Å²) < 4.78 is 0.710. The minimum Gasteiger partial charge on any atom is -0.337 e. The molecule has 0 bridgehead atoms. The number of aryl methyl sites for hydroxylation is 1. The maximum Gasteiger partial charge on any atom is 0.174 e. The molecule has 1 heterocycles. The van der Waals surface area contributed by atoms with E-state index in [1.807, 2.05) is 6.20 Å². The van der Waals surface area contributed by atoms with E-state index in [-0.39, 0.29) is 0 Å². The highest BCUT2D eigenvalue weighted by Crippen LogP contribution is 1.91. The zero-order valence-corrected chi connectivity index (χ0v) is 5.51. The third-order valence-corrected chi connectivity index (χ3v) is 1.25. The van der Waals surface area contributed by atoms with Crippen molar-refractivity contribution in [3.05, 3.63) is 16.7 Å². The summed E-state index contributed by atoms with van der Waals surface area (Å²) in [4.78, 5) is 5.86. The molecule has 0 unspecified atom stereocenters. The number of H-pyrrole nitrogens is 2. The lowest BCUT2D eigenvalue weighted by atomic mass is 10.4. The Bertz CT molecular complexity index is 210. The molecule has 0 saturated heterocycles. The van der Waals surface area contributed by atoms with Crippen LogP contribution in [0.1, 0.15) is 12.6 Å². The van der Waals surface area contributed by atoms with Gasteiger partial charge < -0.3 is 9.97 Å². The molecule has 3 heteroatoms. The van der Waals surface area contributed by atoms with Gasteiger partial charge >= 0.3 is 0 Å². The number of rotatable bonds is 1. The van der Waals surface area contributed by atoms with Crippen LogP contribution in [-0.2, 0) is 6.42 Å². The van der Waals surface area contributed by atoms with E-state index < -0.39 is 0 Å². The molecular formula is C5H8N2S. The maximum absolute atomic E-state index is 4.79. The van der Waals surface area contributed by atoms with Gasteiger partial charge in [-0.25, -0.2) is 0 Å². The summed E-state index contributed by atoms with van der Waals surface area (Å²) in [5.41, 5.74) is 1.16. The summed E-state index contributed by atoms with van der Waals surface area (Å²) in [5.74, 6) is 0. The topological polar surface area (TPSA) is 31.6 Å². The third kappa shape index (κ3) is 0.980. The molecule has 0 aliphatic carbocycles. The van der Waals surface area contributed by atoms with E-state index in [0.717, 1.165) is 12.1 Å². The molecule has 0 aromatic carbocycles. The van der Waals surface area contributed by atoms with Gasteiger partial charge in [0.1, 0.15) is 0 Å². The second-order valence-corrected chi connectivity index (χ2v) is 2.03. The predicted octanol–water partition coefficient (Wildman–Crippen LogP) is 1.63. The van der Waals surface area contributed by atoms with Crippen LogP contribution in [0, 0.1) is 4.77 Å². The van der Waals surface area contributed by atoms with Crippen molar-refractivity contribution in [2.75, 3.05) is 0 Å². The molecule has 1 aromatic rings. The fraction of sp³-hybridized carbons (Fsp3) is 0.400. The highest BCUT2D eigenvalue weighted by Gasteiger charge is 1.84. The summed E-state index contributed by atoms with van der Waals surface area (Å²) in [6.45, 7) is 2.08. The number of aromatic nitrogens is 2. The summed E-state index contributed by atoms with van der Waals surface area (Å²) in [7, 11) is 0. The summed E-state index contributed by atoms with van der Waals surface area (Å²) in [6, 6.07) is 0. The molecule has 0 amide bonds. The molecule has 1 rings (SSSR count). The first kappa shape index (κ1) is 5.56. The average Bonchev–Trinajstić information content (AvgIpc) is 2.14. The lowest BCUT2D eigenvalue weighted by Gasteiger charge is -1.79.